The Morgan fingerprint density at radius 1 is 1.08 bits per heavy atom. The highest BCUT2D eigenvalue weighted by molar-refractivity contribution is 7.99. The summed E-state index contributed by atoms with van der Waals surface area (Å²) in [7, 11) is 3.07. The molecule has 0 aliphatic rings. The second-order valence-corrected chi connectivity index (χ2v) is 7.20. The number of imidazole rings is 1. The fourth-order valence-electron chi connectivity index (χ4n) is 2.92. The molecule has 26 heavy (non-hydrogen) atoms. The molecule has 134 valence electrons. The van der Waals surface area contributed by atoms with Crippen LogP contribution in [0, 0.1) is 0 Å². The smallest absolute Gasteiger partial charge is 0.332 e. The molecule has 0 saturated heterocycles. The molecule has 0 saturated carbocycles. The molecule has 0 amide bonds. The maximum absolute atomic E-state index is 12.7. The Hall–Kier alpha value is -2.81. The average Bonchev–Trinajstić information content (AvgIpc) is 3.19. The fourth-order valence-corrected chi connectivity index (χ4v) is 3.88. The van der Waals surface area contributed by atoms with Gasteiger partial charge >= 0.3 is 5.69 Å². The van der Waals surface area contributed by atoms with Gasteiger partial charge in [0, 0.05) is 31.9 Å². The number of nitrogens with zero attached hydrogens (tertiary/aromatic N) is 5. The van der Waals surface area contributed by atoms with Gasteiger partial charge in [0.05, 0.1) is 0 Å². The minimum Gasteiger partial charge on any atom is -0.431 e. The molecular formula is C17H17N5O3S. The van der Waals surface area contributed by atoms with E-state index < -0.39 is 5.69 Å². The minimum atomic E-state index is -0.408. The molecule has 3 heterocycles. The normalized spacial score (nSPS) is 11.9. The van der Waals surface area contributed by atoms with Gasteiger partial charge in [-0.1, -0.05) is 12.1 Å². The standard InChI is InChI=1S/C17H17N5O3S/c1-9(2)22-12-13(20(3)17(24)21(4)14(12)23)19-15(22)26-16-18-10-7-5-6-8-11(10)25-16/h5-9H,1-4H3. The quantitative estimate of drug-likeness (QED) is 0.549. The van der Waals surface area contributed by atoms with E-state index in [1.807, 2.05) is 42.7 Å². The maximum atomic E-state index is 12.7. The molecule has 3 aromatic heterocycles. The zero-order valence-electron chi connectivity index (χ0n) is 14.8. The molecule has 0 spiro atoms. The molecule has 0 aliphatic heterocycles. The number of benzene rings is 1. The highest BCUT2D eigenvalue weighted by Crippen LogP contribution is 2.32. The molecule has 0 atom stereocenters. The topological polar surface area (TPSA) is 87.8 Å². The van der Waals surface area contributed by atoms with Crippen LogP contribution in [0.2, 0.25) is 0 Å². The van der Waals surface area contributed by atoms with Crippen molar-refractivity contribution in [2.24, 2.45) is 14.1 Å². The lowest BCUT2D eigenvalue weighted by atomic mass is 10.3. The van der Waals surface area contributed by atoms with Crippen molar-refractivity contribution >= 4 is 34.0 Å². The summed E-state index contributed by atoms with van der Waals surface area (Å²) in [6.45, 7) is 3.92. The van der Waals surface area contributed by atoms with E-state index in [0.29, 0.717) is 27.1 Å². The third-order valence-corrected chi connectivity index (χ3v) is 5.05. The third-order valence-electron chi connectivity index (χ3n) is 4.23. The van der Waals surface area contributed by atoms with E-state index in [-0.39, 0.29) is 11.6 Å². The van der Waals surface area contributed by atoms with Gasteiger partial charge in [0.25, 0.3) is 10.8 Å². The Bertz CT molecular complexity index is 1230. The van der Waals surface area contributed by atoms with Gasteiger partial charge in [-0.25, -0.2) is 14.8 Å². The SMILES string of the molecule is CC(C)n1c(Sc2nc3ccccc3o2)nc2c1c(=O)n(C)c(=O)n2C. The van der Waals surface area contributed by atoms with E-state index in [1.54, 1.807) is 7.05 Å². The van der Waals surface area contributed by atoms with E-state index >= 15 is 0 Å². The summed E-state index contributed by atoms with van der Waals surface area (Å²) in [5.41, 5.74) is 1.41. The van der Waals surface area contributed by atoms with Gasteiger partial charge in [-0.3, -0.25) is 13.9 Å². The number of aryl methyl sites for hydroxylation is 1. The van der Waals surface area contributed by atoms with Crippen LogP contribution in [0.15, 0.2) is 48.7 Å². The largest absolute Gasteiger partial charge is 0.431 e. The van der Waals surface area contributed by atoms with Crippen LogP contribution in [0.25, 0.3) is 22.3 Å². The molecule has 0 unspecified atom stereocenters. The number of aromatic nitrogens is 5. The van der Waals surface area contributed by atoms with Gasteiger partial charge < -0.3 is 8.98 Å². The number of para-hydroxylation sites is 2. The summed E-state index contributed by atoms with van der Waals surface area (Å²) in [5, 5.41) is 0.991. The van der Waals surface area contributed by atoms with E-state index in [9.17, 15) is 9.59 Å². The van der Waals surface area contributed by atoms with Crippen molar-refractivity contribution in [2.45, 2.75) is 30.3 Å². The van der Waals surface area contributed by atoms with Gasteiger partial charge in [-0.15, -0.1) is 0 Å². The van der Waals surface area contributed by atoms with Gasteiger partial charge in [-0.05, 0) is 26.0 Å². The Kier molecular flexibility index (Phi) is 3.76. The summed E-state index contributed by atoms with van der Waals surface area (Å²) in [6.07, 6.45) is 0. The Labute approximate surface area is 152 Å². The highest BCUT2D eigenvalue weighted by atomic mass is 32.2. The fraction of sp³-hybridized carbons (Fsp3) is 0.294. The second kappa shape index (κ2) is 5.87. The molecule has 4 rings (SSSR count). The van der Waals surface area contributed by atoms with Crippen LogP contribution in [0.1, 0.15) is 19.9 Å². The van der Waals surface area contributed by atoms with E-state index in [4.69, 9.17) is 4.42 Å². The number of oxazole rings is 1. The predicted molar refractivity (Wildman–Crippen MR) is 98.7 cm³/mol. The Morgan fingerprint density at radius 2 is 1.81 bits per heavy atom. The zero-order chi connectivity index (χ0) is 18.6. The number of rotatable bonds is 3. The first-order valence-electron chi connectivity index (χ1n) is 8.10. The van der Waals surface area contributed by atoms with Gasteiger partial charge in [0.2, 0.25) is 0 Å². The summed E-state index contributed by atoms with van der Waals surface area (Å²) in [4.78, 5) is 33.9. The summed E-state index contributed by atoms with van der Waals surface area (Å²) < 4.78 is 10.0. The van der Waals surface area contributed by atoms with E-state index in [2.05, 4.69) is 9.97 Å². The first kappa shape index (κ1) is 16.6. The summed E-state index contributed by atoms with van der Waals surface area (Å²) in [5.74, 6) is 0. The predicted octanol–water partition coefficient (Wildman–Crippen LogP) is 2.31. The molecule has 9 heteroatoms. The highest BCUT2D eigenvalue weighted by Gasteiger charge is 2.22. The lowest BCUT2D eigenvalue weighted by Gasteiger charge is -2.11. The molecule has 8 nitrogen and oxygen atoms in total. The number of hydrogen-bond acceptors (Lipinski definition) is 6. The molecule has 1 aromatic carbocycles. The molecule has 4 aromatic rings. The van der Waals surface area contributed by atoms with Crippen LogP contribution in [0.5, 0.6) is 0 Å². The molecule has 0 bridgehead atoms. The van der Waals surface area contributed by atoms with Crippen molar-refractivity contribution in [1.82, 2.24) is 23.7 Å². The van der Waals surface area contributed by atoms with Crippen LogP contribution in [0.3, 0.4) is 0 Å². The van der Waals surface area contributed by atoms with Crippen LogP contribution in [-0.2, 0) is 14.1 Å². The van der Waals surface area contributed by atoms with Gasteiger partial charge in [0.15, 0.2) is 21.9 Å². The monoisotopic (exact) mass is 371 g/mol. The summed E-state index contributed by atoms with van der Waals surface area (Å²) >= 11 is 1.23. The second-order valence-electron chi connectivity index (χ2n) is 6.29. The van der Waals surface area contributed by atoms with Crippen molar-refractivity contribution < 1.29 is 4.42 Å². The molecule has 0 fully saturated rings. The van der Waals surface area contributed by atoms with Crippen molar-refractivity contribution in [1.29, 1.82) is 0 Å². The first-order valence-corrected chi connectivity index (χ1v) is 8.91. The van der Waals surface area contributed by atoms with E-state index in [1.165, 1.54) is 23.4 Å². The number of fused-ring (bicyclic) bond motifs is 2. The average molecular weight is 371 g/mol. The molecule has 0 radical (unpaired) electrons. The number of hydrogen-bond donors (Lipinski definition) is 0. The van der Waals surface area contributed by atoms with Crippen LogP contribution in [0.4, 0.5) is 0 Å². The third kappa shape index (κ3) is 2.38. The van der Waals surface area contributed by atoms with Crippen LogP contribution in [-0.4, -0.2) is 23.7 Å². The van der Waals surface area contributed by atoms with Crippen molar-refractivity contribution in [2.75, 3.05) is 0 Å². The summed E-state index contributed by atoms with van der Waals surface area (Å²) in [6, 6.07) is 7.45. The van der Waals surface area contributed by atoms with Crippen molar-refractivity contribution in [3.05, 3.63) is 45.1 Å². The van der Waals surface area contributed by atoms with Gasteiger partial charge in [-0.2, -0.15) is 0 Å². The van der Waals surface area contributed by atoms with Crippen LogP contribution >= 0.6 is 11.8 Å². The zero-order valence-corrected chi connectivity index (χ0v) is 15.6. The first-order chi connectivity index (χ1) is 12.4. The van der Waals surface area contributed by atoms with Gasteiger partial charge in [0.1, 0.15) is 5.52 Å². The van der Waals surface area contributed by atoms with Crippen molar-refractivity contribution in [3.8, 4) is 0 Å². The van der Waals surface area contributed by atoms with Crippen molar-refractivity contribution in [3.63, 3.8) is 0 Å². The minimum absolute atomic E-state index is 0.0305. The Morgan fingerprint density at radius 3 is 2.50 bits per heavy atom. The Balaban J connectivity index is 1.96. The van der Waals surface area contributed by atoms with Crippen LogP contribution < -0.4 is 11.2 Å². The molecule has 0 N–H and O–H groups in total. The maximum Gasteiger partial charge on any atom is 0.332 e. The lowest BCUT2D eigenvalue weighted by Crippen LogP contribution is -2.37. The lowest BCUT2D eigenvalue weighted by molar-refractivity contribution is 0.486. The molecular weight excluding hydrogens is 354 g/mol. The van der Waals surface area contributed by atoms with E-state index in [0.717, 1.165) is 10.1 Å². The molecule has 0 aliphatic carbocycles.